The van der Waals surface area contributed by atoms with E-state index >= 15 is 0 Å². The first-order chi connectivity index (χ1) is 17.1. The van der Waals surface area contributed by atoms with Gasteiger partial charge in [-0.3, -0.25) is 4.79 Å². The van der Waals surface area contributed by atoms with Crippen LogP contribution in [0.15, 0.2) is 84.2 Å². The first kappa shape index (κ1) is 23.8. The van der Waals surface area contributed by atoms with Gasteiger partial charge < -0.3 is 20.7 Å². The van der Waals surface area contributed by atoms with E-state index in [0.29, 0.717) is 17.9 Å². The molecule has 1 atom stereocenters. The molecule has 0 saturated carbocycles. The number of benzene rings is 3. The summed E-state index contributed by atoms with van der Waals surface area (Å²) in [6.45, 7) is 0.225. The van der Waals surface area contributed by atoms with Gasteiger partial charge in [0.2, 0.25) is 5.91 Å². The highest BCUT2D eigenvalue weighted by Gasteiger charge is 2.22. The Morgan fingerprint density at radius 1 is 0.943 bits per heavy atom. The van der Waals surface area contributed by atoms with Crippen LogP contribution >= 0.6 is 11.3 Å². The maximum absolute atomic E-state index is 12.8. The molecule has 0 spiro atoms. The van der Waals surface area contributed by atoms with E-state index in [1.165, 1.54) is 0 Å². The summed E-state index contributed by atoms with van der Waals surface area (Å²) in [6.07, 6.45) is 0.531. The van der Waals surface area contributed by atoms with Crippen molar-refractivity contribution in [2.75, 3.05) is 11.9 Å². The maximum atomic E-state index is 12.8. The van der Waals surface area contributed by atoms with Crippen molar-refractivity contribution in [3.63, 3.8) is 0 Å². The second-order valence-electron chi connectivity index (χ2n) is 7.75. The van der Waals surface area contributed by atoms with Crippen LogP contribution in [0.2, 0.25) is 0 Å². The van der Waals surface area contributed by atoms with Gasteiger partial charge in [0.25, 0.3) is 0 Å². The van der Waals surface area contributed by atoms with Crippen LogP contribution in [-0.2, 0) is 11.2 Å². The maximum Gasteiger partial charge on any atom is 0.319 e. The largest absolute Gasteiger partial charge is 0.457 e. The molecule has 0 bridgehead atoms. The zero-order chi connectivity index (χ0) is 24.5. The van der Waals surface area contributed by atoms with Crippen molar-refractivity contribution in [1.29, 1.82) is 5.26 Å². The number of carbonyl (C=O) groups is 2. The van der Waals surface area contributed by atoms with Crippen molar-refractivity contribution in [3.05, 3.63) is 89.8 Å². The molecule has 0 aliphatic rings. The molecule has 4 aromatic rings. The topological polar surface area (TPSA) is 103 Å². The normalized spacial score (nSPS) is 11.3. The van der Waals surface area contributed by atoms with Gasteiger partial charge in [-0.05, 0) is 58.8 Å². The molecule has 0 aliphatic carbocycles. The van der Waals surface area contributed by atoms with Crippen LogP contribution in [0.4, 0.5) is 10.5 Å². The lowest BCUT2D eigenvalue weighted by atomic mass is 10.0. The molecule has 0 saturated heterocycles. The highest BCUT2D eigenvalue weighted by Crippen LogP contribution is 2.27. The Kier molecular flexibility index (Phi) is 7.94. The number of anilines is 1. The first-order valence-electron chi connectivity index (χ1n) is 11.1. The van der Waals surface area contributed by atoms with E-state index in [9.17, 15) is 9.59 Å². The highest BCUT2D eigenvalue weighted by atomic mass is 32.1. The van der Waals surface area contributed by atoms with Crippen LogP contribution in [-0.4, -0.2) is 24.5 Å². The third-order valence-corrected chi connectivity index (χ3v) is 6.25. The summed E-state index contributed by atoms with van der Waals surface area (Å²) in [5.74, 6) is 1.02. The van der Waals surface area contributed by atoms with Crippen LogP contribution in [0.3, 0.4) is 0 Å². The van der Waals surface area contributed by atoms with Crippen LogP contribution in [0.5, 0.6) is 11.5 Å². The SMILES string of the molecule is N#CCCNC(=O)C(Cc1csc2ccccc12)NC(=O)Nc1ccc(Oc2ccccc2)cc1. The number of amides is 3. The molecule has 1 unspecified atom stereocenters. The summed E-state index contributed by atoms with van der Waals surface area (Å²) in [5.41, 5.74) is 1.54. The van der Waals surface area contributed by atoms with Crippen LogP contribution in [0, 0.1) is 11.3 Å². The monoisotopic (exact) mass is 484 g/mol. The Morgan fingerprint density at radius 2 is 1.66 bits per heavy atom. The minimum Gasteiger partial charge on any atom is -0.457 e. The quantitative estimate of drug-likeness (QED) is 0.275. The van der Waals surface area contributed by atoms with Crippen LogP contribution in [0.25, 0.3) is 10.1 Å². The molecule has 3 N–H and O–H groups in total. The second-order valence-corrected chi connectivity index (χ2v) is 8.66. The summed E-state index contributed by atoms with van der Waals surface area (Å²) in [6, 6.07) is 25.0. The van der Waals surface area contributed by atoms with Crippen molar-refractivity contribution in [3.8, 4) is 17.6 Å². The number of para-hydroxylation sites is 1. The van der Waals surface area contributed by atoms with Gasteiger partial charge in [-0.1, -0.05) is 36.4 Å². The molecule has 8 heteroatoms. The predicted molar refractivity (Wildman–Crippen MR) is 138 cm³/mol. The summed E-state index contributed by atoms with van der Waals surface area (Å²) >= 11 is 1.60. The summed E-state index contributed by atoms with van der Waals surface area (Å²) < 4.78 is 6.89. The molecule has 4 rings (SSSR count). The van der Waals surface area contributed by atoms with Gasteiger partial charge >= 0.3 is 6.03 Å². The summed E-state index contributed by atoms with van der Waals surface area (Å²) in [7, 11) is 0. The fourth-order valence-corrected chi connectivity index (χ4v) is 4.52. The van der Waals surface area contributed by atoms with Gasteiger partial charge in [0.1, 0.15) is 17.5 Å². The number of nitrogens with one attached hydrogen (secondary N) is 3. The van der Waals surface area contributed by atoms with Gasteiger partial charge in [-0.2, -0.15) is 5.26 Å². The average molecular weight is 485 g/mol. The molecule has 7 nitrogen and oxygen atoms in total. The zero-order valence-corrected chi connectivity index (χ0v) is 19.7. The van der Waals surface area contributed by atoms with Gasteiger partial charge in [0, 0.05) is 23.4 Å². The van der Waals surface area contributed by atoms with E-state index in [1.54, 1.807) is 35.6 Å². The molecular weight excluding hydrogens is 460 g/mol. The number of nitrogens with zero attached hydrogens (tertiary/aromatic N) is 1. The fraction of sp³-hybridized carbons (Fsp3) is 0.148. The van der Waals surface area contributed by atoms with E-state index in [4.69, 9.17) is 10.00 Å². The smallest absolute Gasteiger partial charge is 0.319 e. The van der Waals surface area contributed by atoms with Crippen molar-refractivity contribution >= 4 is 39.0 Å². The van der Waals surface area contributed by atoms with Crippen molar-refractivity contribution in [2.24, 2.45) is 0 Å². The number of ether oxygens (including phenoxy) is 1. The highest BCUT2D eigenvalue weighted by molar-refractivity contribution is 7.17. The van der Waals surface area contributed by atoms with Crippen molar-refractivity contribution in [1.82, 2.24) is 10.6 Å². The average Bonchev–Trinajstić information content (AvgIpc) is 3.28. The van der Waals surface area contributed by atoms with Crippen LogP contribution < -0.4 is 20.7 Å². The van der Waals surface area contributed by atoms with Gasteiger partial charge in [-0.15, -0.1) is 11.3 Å². The minimum atomic E-state index is -0.799. The molecular formula is C27H24N4O3S. The summed E-state index contributed by atoms with van der Waals surface area (Å²) in [4.78, 5) is 25.6. The molecule has 35 heavy (non-hydrogen) atoms. The van der Waals surface area contributed by atoms with E-state index < -0.39 is 12.1 Å². The predicted octanol–water partition coefficient (Wildman–Crippen LogP) is 5.46. The Morgan fingerprint density at radius 3 is 2.43 bits per heavy atom. The molecule has 1 heterocycles. The third kappa shape index (κ3) is 6.59. The number of fused-ring (bicyclic) bond motifs is 1. The second kappa shape index (κ2) is 11.7. The van der Waals surface area contributed by atoms with E-state index in [2.05, 4.69) is 16.0 Å². The molecule has 176 valence electrons. The molecule has 0 fully saturated rings. The Bertz CT molecular complexity index is 1330. The summed E-state index contributed by atoms with van der Waals surface area (Å²) in [5, 5.41) is 20.1. The van der Waals surface area contributed by atoms with Crippen molar-refractivity contribution in [2.45, 2.75) is 18.9 Å². The number of hydrogen-bond acceptors (Lipinski definition) is 5. The lowest BCUT2D eigenvalue weighted by Crippen LogP contribution is -2.49. The standard InChI is InChI=1S/C27H24N4O3S/c28-15-6-16-29-26(32)24(17-19-18-35-25-10-5-4-9-23(19)25)31-27(33)30-20-11-13-22(14-12-20)34-21-7-2-1-3-8-21/h1-5,7-14,18,24H,6,16-17H2,(H,29,32)(H2,30,31,33). The van der Waals surface area contributed by atoms with Crippen LogP contribution in [0.1, 0.15) is 12.0 Å². The number of thiophene rings is 1. The Balaban J connectivity index is 1.41. The lowest BCUT2D eigenvalue weighted by Gasteiger charge is -2.19. The first-order valence-corrected chi connectivity index (χ1v) is 12.0. The molecule has 3 aromatic carbocycles. The lowest BCUT2D eigenvalue weighted by molar-refractivity contribution is -0.122. The number of urea groups is 1. The minimum absolute atomic E-state index is 0.198. The van der Waals surface area contributed by atoms with Gasteiger partial charge in [0.15, 0.2) is 0 Å². The number of carbonyl (C=O) groups excluding carboxylic acids is 2. The van der Waals surface area contributed by atoms with Crippen molar-refractivity contribution < 1.29 is 14.3 Å². The van der Waals surface area contributed by atoms with E-state index in [-0.39, 0.29) is 18.9 Å². The number of rotatable bonds is 9. The van der Waals surface area contributed by atoms with E-state index in [1.807, 2.05) is 66.0 Å². The Labute approximate surface area is 207 Å². The number of hydrogen-bond donors (Lipinski definition) is 3. The third-order valence-electron chi connectivity index (χ3n) is 5.23. The molecule has 3 amide bonds. The molecule has 0 aliphatic heterocycles. The molecule has 0 radical (unpaired) electrons. The number of nitriles is 1. The van der Waals surface area contributed by atoms with Gasteiger partial charge in [0.05, 0.1) is 12.5 Å². The fourth-order valence-electron chi connectivity index (χ4n) is 3.54. The Hall–Kier alpha value is -4.35. The van der Waals surface area contributed by atoms with E-state index in [0.717, 1.165) is 21.4 Å². The van der Waals surface area contributed by atoms with Gasteiger partial charge in [-0.25, -0.2) is 4.79 Å². The zero-order valence-electron chi connectivity index (χ0n) is 18.9. The molecule has 1 aromatic heterocycles.